The van der Waals surface area contributed by atoms with Gasteiger partial charge < -0.3 is 11.1 Å². The molecule has 0 saturated heterocycles. The first-order chi connectivity index (χ1) is 8.63. The molecule has 0 unspecified atom stereocenters. The van der Waals surface area contributed by atoms with E-state index in [1.54, 1.807) is 6.20 Å². The van der Waals surface area contributed by atoms with Crippen LogP contribution in [0, 0.1) is 0 Å². The molecule has 1 amide bonds. The monoisotopic (exact) mass is 343 g/mol. The molecule has 0 atom stereocenters. The van der Waals surface area contributed by atoms with Crippen LogP contribution in [0.5, 0.6) is 0 Å². The Kier molecular flexibility index (Phi) is 4.62. The topological polar surface area (TPSA) is 68.0 Å². The Balaban J connectivity index is 1.83. The molecule has 2 rings (SSSR count). The lowest BCUT2D eigenvalue weighted by Crippen LogP contribution is -2.13. The number of anilines is 2. The highest BCUT2D eigenvalue weighted by Gasteiger charge is 2.05. The molecule has 18 heavy (non-hydrogen) atoms. The zero-order valence-corrected chi connectivity index (χ0v) is 12.4. The Hall–Kier alpha value is -1.05. The average Bonchev–Trinajstić information content (AvgIpc) is 2.76. The van der Waals surface area contributed by atoms with E-state index in [0.717, 1.165) is 14.4 Å². The fourth-order valence-electron chi connectivity index (χ4n) is 1.21. The molecule has 1 heterocycles. The van der Waals surface area contributed by atoms with E-state index < -0.39 is 0 Å². The summed E-state index contributed by atoms with van der Waals surface area (Å²) in [5.74, 6) is 0.298. The first-order valence-corrected chi connectivity index (χ1v) is 7.62. The number of carbonyl (C=O) groups is 1. The predicted octanol–water partition coefficient (Wildman–Crippen LogP) is 3.22. The highest BCUT2D eigenvalue weighted by Crippen LogP contribution is 2.26. The van der Waals surface area contributed by atoms with Gasteiger partial charge in [-0.05, 0) is 24.3 Å². The lowest BCUT2D eigenvalue weighted by molar-refractivity contribution is -0.113. The summed E-state index contributed by atoms with van der Waals surface area (Å²) < 4.78 is 1.92. The molecule has 0 radical (unpaired) electrons. The van der Waals surface area contributed by atoms with Crippen molar-refractivity contribution in [1.82, 2.24) is 4.98 Å². The Morgan fingerprint density at radius 2 is 2.17 bits per heavy atom. The molecular weight excluding hydrogens is 334 g/mol. The standard InChI is InChI=1S/C11H10BrN3OS2/c12-7-1-3-8(4-2-7)15-9(16)6-17-10-5-14-11(13)18-10/h1-5H,6H2,(H2,13,14)(H,15,16). The molecule has 2 aromatic rings. The maximum Gasteiger partial charge on any atom is 0.234 e. The van der Waals surface area contributed by atoms with Gasteiger partial charge in [0.2, 0.25) is 5.91 Å². The van der Waals surface area contributed by atoms with Crippen molar-refractivity contribution in [2.24, 2.45) is 0 Å². The average molecular weight is 344 g/mol. The summed E-state index contributed by atoms with van der Waals surface area (Å²) in [5.41, 5.74) is 6.30. The lowest BCUT2D eigenvalue weighted by atomic mass is 10.3. The molecular formula is C11H10BrN3OS2. The number of hydrogen-bond donors (Lipinski definition) is 2. The van der Waals surface area contributed by atoms with Crippen LogP contribution in [-0.2, 0) is 4.79 Å². The summed E-state index contributed by atoms with van der Waals surface area (Å²) in [7, 11) is 0. The van der Waals surface area contributed by atoms with Crippen molar-refractivity contribution >= 4 is 55.8 Å². The highest BCUT2D eigenvalue weighted by atomic mass is 79.9. The van der Waals surface area contributed by atoms with Gasteiger partial charge >= 0.3 is 0 Å². The number of thioether (sulfide) groups is 1. The fraction of sp³-hybridized carbons (Fsp3) is 0.0909. The number of carbonyl (C=O) groups excluding carboxylic acids is 1. The maximum atomic E-state index is 11.7. The second-order valence-corrected chi connectivity index (χ2v) is 6.61. The molecule has 1 aromatic carbocycles. The molecule has 4 nitrogen and oxygen atoms in total. The summed E-state index contributed by atoms with van der Waals surface area (Å²) in [6.45, 7) is 0. The number of hydrogen-bond acceptors (Lipinski definition) is 5. The van der Waals surface area contributed by atoms with Crippen molar-refractivity contribution < 1.29 is 4.79 Å². The summed E-state index contributed by atoms with van der Waals surface area (Å²) in [6.07, 6.45) is 1.68. The van der Waals surface area contributed by atoms with Crippen molar-refractivity contribution in [3.63, 3.8) is 0 Å². The van der Waals surface area contributed by atoms with E-state index in [4.69, 9.17) is 5.73 Å². The zero-order chi connectivity index (χ0) is 13.0. The first kappa shape index (κ1) is 13.4. The molecule has 0 bridgehead atoms. The molecule has 94 valence electrons. The largest absolute Gasteiger partial charge is 0.375 e. The number of nitrogen functional groups attached to an aromatic ring is 1. The van der Waals surface area contributed by atoms with Gasteiger partial charge in [-0.2, -0.15) is 0 Å². The number of nitrogens with two attached hydrogens (primary N) is 1. The minimum absolute atomic E-state index is 0.0470. The highest BCUT2D eigenvalue weighted by molar-refractivity contribution is 9.10. The van der Waals surface area contributed by atoms with Gasteiger partial charge in [0, 0.05) is 10.2 Å². The van der Waals surface area contributed by atoms with Crippen LogP contribution in [-0.4, -0.2) is 16.6 Å². The van der Waals surface area contributed by atoms with E-state index >= 15 is 0 Å². The Morgan fingerprint density at radius 3 is 2.78 bits per heavy atom. The molecule has 0 aliphatic carbocycles. The van der Waals surface area contributed by atoms with E-state index in [-0.39, 0.29) is 5.91 Å². The van der Waals surface area contributed by atoms with Crippen LogP contribution in [0.3, 0.4) is 0 Å². The zero-order valence-electron chi connectivity index (χ0n) is 9.22. The second-order valence-electron chi connectivity index (χ2n) is 3.36. The maximum absolute atomic E-state index is 11.7. The van der Waals surface area contributed by atoms with Crippen LogP contribution < -0.4 is 11.1 Å². The summed E-state index contributed by atoms with van der Waals surface area (Å²) >= 11 is 6.15. The molecule has 0 aliphatic rings. The van der Waals surface area contributed by atoms with Gasteiger partial charge in [0.1, 0.15) is 0 Å². The molecule has 7 heteroatoms. The number of amides is 1. The molecule has 1 aromatic heterocycles. The third kappa shape index (κ3) is 4.01. The van der Waals surface area contributed by atoms with Crippen molar-refractivity contribution in [3.8, 4) is 0 Å². The minimum Gasteiger partial charge on any atom is -0.375 e. The van der Waals surface area contributed by atoms with Gasteiger partial charge in [0.05, 0.1) is 16.2 Å². The van der Waals surface area contributed by atoms with E-state index in [1.165, 1.54) is 23.1 Å². The van der Waals surface area contributed by atoms with Crippen LogP contribution >= 0.6 is 39.0 Å². The van der Waals surface area contributed by atoms with Crippen LogP contribution in [0.15, 0.2) is 39.1 Å². The third-order valence-electron chi connectivity index (χ3n) is 1.98. The SMILES string of the molecule is Nc1ncc(SCC(=O)Nc2ccc(Br)cc2)s1. The summed E-state index contributed by atoms with van der Waals surface area (Å²) in [5, 5.41) is 3.34. The summed E-state index contributed by atoms with van der Waals surface area (Å²) in [6, 6.07) is 7.45. The van der Waals surface area contributed by atoms with Gasteiger partial charge in [-0.15, -0.1) is 11.8 Å². The van der Waals surface area contributed by atoms with Gasteiger partial charge in [-0.1, -0.05) is 27.3 Å². The Labute approximate surface area is 121 Å². The van der Waals surface area contributed by atoms with Crippen molar-refractivity contribution in [1.29, 1.82) is 0 Å². The normalized spacial score (nSPS) is 10.3. The molecule has 0 saturated carbocycles. The Morgan fingerprint density at radius 1 is 1.44 bits per heavy atom. The number of halogens is 1. The molecule has 3 N–H and O–H groups in total. The van der Waals surface area contributed by atoms with E-state index in [9.17, 15) is 4.79 Å². The Bertz CT molecular complexity index is 541. The van der Waals surface area contributed by atoms with Gasteiger partial charge in [-0.25, -0.2) is 4.98 Å². The van der Waals surface area contributed by atoms with Gasteiger partial charge in [0.25, 0.3) is 0 Å². The van der Waals surface area contributed by atoms with E-state index in [0.29, 0.717) is 10.9 Å². The first-order valence-electron chi connectivity index (χ1n) is 5.03. The van der Waals surface area contributed by atoms with Crippen LogP contribution in [0.4, 0.5) is 10.8 Å². The third-order valence-corrected chi connectivity index (χ3v) is 4.53. The molecule has 0 fully saturated rings. The second kappa shape index (κ2) is 6.21. The molecule has 0 aliphatic heterocycles. The van der Waals surface area contributed by atoms with Crippen molar-refractivity contribution in [3.05, 3.63) is 34.9 Å². The van der Waals surface area contributed by atoms with E-state index in [2.05, 4.69) is 26.2 Å². The number of thiazole rings is 1. The molecule has 0 spiro atoms. The quantitative estimate of drug-likeness (QED) is 0.836. The lowest BCUT2D eigenvalue weighted by Gasteiger charge is -2.04. The van der Waals surface area contributed by atoms with Crippen LogP contribution in [0.25, 0.3) is 0 Å². The van der Waals surface area contributed by atoms with E-state index in [1.807, 2.05) is 24.3 Å². The van der Waals surface area contributed by atoms with Gasteiger partial charge in [0.15, 0.2) is 5.13 Å². The number of aromatic nitrogens is 1. The van der Waals surface area contributed by atoms with Crippen molar-refractivity contribution in [2.45, 2.75) is 4.21 Å². The fourth-order valence-corrected chi connectivity index (χ4v) is 3.03. The van der Waals surface area contributed by atoms with Crippen molar-refractivity contribution in [2.75, 3.05) is 16.8 Å². The predicted molar refractivity (Wildman–Crippen MR) is 80.0 cm³/mol. The number of nitrogens with one attached hydrogen (secondary N) is 1. The number of rotatable bonds is 4. The van der Waals surface area contributed by atoms with Gasteiger partial charge in [-0.3, -0.25) is 4.79 Å². The van der Waals surface area contributed by atoms with Crippen LogP contribution in [0.1, 0.15) is 0 Å². The smallest absolute Gasteiger partial charge is 0.234 e. The van der Waals surface area contributed by atoms with Crippen LogP contribution in [0.2, 0.25) is 0 Å². The number of benzene rings is 1. The minimum atomic E-state index is -0.0470. The number of nitrogens with zero attached hydrogens (tertiary/aromatic N) is 1. The summed E-state index contributed by atoms with van der Waals surface area (Å²) in [4.78, 5) is 15.6.